The van der Waals surface area contributed by atoms with Crippen molar-refractivity contribution in [2.75, 3.05) is 19.9 Å². The maximum absolute atomic E-state index is 12.3. The van der Waals surface area contributed by atoms with Crippen LogP contribution in [0.1, 0.15) is 51.5 Å². The molecule has 2 amide bonds. The van der Waals surface area contributed by atoms with Gasteiger partial charge in [-0.25, -0.2) is 0 Å². The van der Waals surface area contributed by atoms with Gasteiger partial charge in [0.2, 0.25) is 18.6 Å². The van der Waals surface area contributed by atoms with Gasteiger partial charge in [-0.15, -0.1) is 0 Å². The highest BCUT2D eigenvalue weighted by Gasteiger charge is 2.35. The Morgan fingerprint density at radius 2 is 1.82 bits per heavy atom. The predicted molar refractivity (Wildman–Crippen MR) is 106 cm³/mol. The second-order valence-corrected chi connectivity index (χ2v) is 8.17. The fourth-order valence-electron chi connectivity index (χ4n) is 3.94. The van der Waals surface area contributed by atoms with E-state index < -0.39 is 6.04 Å². The molecule has 7 nitrogen and oxygen atoms in total. The molecule has 0 spiro atoms. The number of carbonyl (C=O) groups is 2. The van der Waals surface area contributed by atoms with E-state index in [-0.39, 0.29) is 36.5 Å². The fraction of sp³-hybridized carbons (Fsp3) is 0.619. The molecule has 1 fully saturated rings. The monoisotopic (exact) mass is 389 g/mol. The Balaban J connectivity index is 1.62. The van der Waals surface area contributed by atoms with Gasteiger partial charge in [-0.2, -0.15) is 0 Å². The number of hydrogen-bond donors (Lipinski definition) is 3. The van der Waals surface area contributed by atoms with Crippen LogP contribution in [0.25, 0.3) is 0 Å². The molecule has 7 heteroatoms. The van der Waals surface area contributed by atoms with Crippen LogP contribution >= 0.6 is 0 Å². The molecule has 1 saturated carbocycles. The molecule has 1 aromatic rings. The standard InChI is InChI=1S/C21H31N3O4/c1-14(2)19(22)20(26)23-11-18(25)24-12-21(8-4-3-5-9-21)15-6-7-16-17(10-15)28-13-27-16/h6-7,10,14,19H,3-5,8-9,11-13,22H2,1-2H3,(H,23,26)(H,24,25)/t19-/m0/s1. The van der Waals surface area contributed by atoms with Crippen molar-refractivity contribution >= 4 is 11.8 Å². The molecule has 1 aliphatic carbocycles. The fourth-order valence-corrected chi connectivity index (χ4v) is 3.94. The van der Waals surface area contributed by atoms with Gasteiger partial charge in [0.1, 0.15) is 0 Å². The molecule has 0 unspecified atom stereocenters. The number of carbonyl (C=O) groups excluding carboxylic acids is 2. The van der Waals surface area contributed by atoms with Gasteiger partial charge < -0.3 is 25.8 Å². The number of nitrogens with one attached hydrogen (secondary N) is 2. The topological polar surface area (TPSA) is 103 Å². The summed E-state index contributed by atoms with van der Waals surface area (Å²) in [5, 5.41) is 5.64. The number of hydrogen-bond acceptors (Lipinski definition) is 5. The van der Waals surface area contributed by atoms with Crippen molar-refractivity contribution in [3.63, 3.8) is 0 Å². The summed E-state index contributed by atoms with van der Waals surface area (Å²) in [6, 6.07) is 5.47. The van der Waals surface area contributed by atoms with Crippen molar-refractivity contribution in [1.82, 2.24) is 10.6 Å². The molecule has 154 valence electrons. The third-order valence-corrected chi connectivity index (χ3v) is 5.86. The first-order valence-electron chi connectivity index (χ1n) is 10.1. The van der Waals surface area contributed by atoms with E-state index in [9.17, 15) is 9.59 Å². The lowest BCUT2D eigenvalue weighted by Gasteiger charge is -2.38. The maximum Gasteiger partial charge on any atom is 0.239 e. The van der Waals surface area contributed by atoms with Gasteiger partial charge in [0, 0.05) is 12.0 Å². The molecular formula is C21H31N3O4. The quantitative estimate of drug-likeness (QED) is 0.660. The smallest absolute Gasteiger partial charge is 0.239 e. The molecule has 1 atom stereocenters. The van der Waals surface area contributed by atoms with Crippen molar-refractivity contribution in [1.29, 1.82) is 0 Å². The number of amides is 2. The SMILES string of the molecule is CC(C)[C@H](N)C(=O)NCC(=O)NCC1(c2ccc3c(c2)OCO3)CCCCC1. The van der Waals surface area contributed by atoms with Crippen molar-refractivity contribution in [3.05, 3.63) is 23.8 Å². The van der Waals surface area contributed by atoms with Crippen LogP contribution in [0.5, 0.6) is 11.5 Å². The Labute approximate surface area is 166 Å². The van der Waals surface area contributed by atoms with Gasteiger partial charge in [-0.05, 0) is 36.5 Å². The van der Waals surface area contributed by atoms with E-state index in [0.29, 0.717) is 6.54 Å². The Hall–Kier alpha value is -2.28. The summed E-state index contributed by atoms with van der Waals surface area (Å²) < 4.78 is 11.0. The van der Waals surface area contributed by atoms with E-state index in [0.717, 1.165) is 37.2 Å². The lowest BCUT2D eigenvalue weighted by molar-refractivity contribution is -0.127. The largest absolute Gasteiger partial charge is 0.454 e. The Kier molecular flexibility index (Phi) is 6.44. The first kappa shape index (κ1) is 20.5. The molecule has 0 radical (unpaired) electrons. The second-order valence-electron chi connectivity index (χ2n) is 8.17. The predicted octanol–water partition coefficient (Wildman–Crippen LogP) is 1.83. The van der Waals surface area contributed by atoms with Gasteiger partial charge in [0.25, 0.3) is 0 Å². The number of benzene rings is 1. The van der Waals surface area contributed by atoms with Crippen LogP contribution < -0.4 is 25.8 Å². The van der Waals surface area contributed by atoms with E-state index in [1.165, 1.54) is 12.0 Å². The Morgan fingerprint density at radius 1 is 1.11 bits per heavy atom. The highest BCUT2D eigenvalue weighted by Crippen LogP contribution is 2.43. The lowest BCUT2D eigenvalue weighted by atomic mass is 9.69. The number of rotatable bonds is 7. The van der Waals surface area contributed by atoms with Gasteiger partial charge in [-0.1, -0.05) is 39.2 Å². The van der Waals surface area contributed by atoms with E-state index in [2.05, 4.69) is 16.7 Å². The van der Waals surface area contributed by atoms with E-state index in [1.807, 2.05) is 26.0 Å². The average Bonchev–Trinajstić information content (AvgIpc) is 3.18. The zero-order chi connectivity index (χ0) is 20.1. The average molecular weight is 389 g/mol. The molecule has 0 aromatic heterocycles. The van der Waals surface area contributed by atoms with Gasteiger partial charge in [0.05, 0.1) is 12.6 Å². The van der Waals surface area contributed by atoms with Crippen LogP contribution in [0.15, 0.2) is 18.2 Å². The van der Waals surface area contributed by atoms with E-state index in [4.69, 9.17) is 15.2 Å². The number of fused-ring (bicyclic) bond motifs is 1. The van der Waals surface area contributed by atoms with Gasteiger partial charge >= 0.3 is 0 Å². The first-order chi connectivity index (χ1) is 13.4. The second kappa shape index (κ2) is 8.82. The van der Waals surface area contributed by atoms with Crippen molar-refractivity contribution in [3.8, 4) is 11.5 Å². The molecule has 1 aromatic carbocycles. The molecule has 2 aliphatic rings. The van der Waals surface area contributed by atoms with Gasteiger partial charge in [-0.3, -0.25) is 9.59 Å². The highest BCUT2D eigenvalue weighted by molar-refractivity contribution is 5.87. The van der Waals surface area contributed by atoms with Crippen LogP contribution in [0.3, 0.4) is 0 Å². The summed E-state index contributed by atoms with van der Waals surface area (Å²) in [6.07, 6.45) is 5.49. The zero-order valence-corrected chi connectivity index (χ0v) is 16.8. The van der Waals surface area contributed by atoms with E-state index in [1.54, 1.807) is 0 Å². The van der Waals surface area contributed by atoms with Crippen molar-refractivity contribution < 1.29 is 19.1 Å². The molecule has 4 N–H and O–H groups in total. The normalized spacial score (nSPS) is 18.6. The minimum Gasteiger partial charge on any atom is -0.454 e. The van der Waals surface area contributed by atoms with Crippen molar-refractivity contribution in [2.45, 2.75) is 57.4 Å². The van der Waals surface area contributed by atoms with Crippen molar-refractivity contribution in [2.24, 2.45) is 11.7 Å². The molecular weight excluding hydrogens is 358 g/mol. The summed E-state index contributed by atoms with van der Waals surface area (Å²) >= 11 is 0. The summed E-state index contributed by atoms with van der Waals surface area (Å²) in [4.78, 5) is 24.3. The van der Waals surface area contributed by atoms with Crippen LogP contribution in [-0.2, 0) is 15.0 Å². The van der Waals surface area contributed by atoms with Crippen LogP contribution in [0.4, 0.5) is 0 Å². The minimum absolute atomic E-state index is 0.0274. The highest BCUT2D eigenvalue weighted by atomic mass is 16.7. The molecule has 3 rings (SSSR count). The third kappa shape index (κ3) is 4.58. The third-order valence-electron chi connectivity index (χ3n) is 5.86. The molecule has 0 saturated heterocycles. The zero-order valence-electron chi connectivity index (χ0n) is 16.8. The molecule has 28 heavy (non-hydrogen) atoms. The summed E-state index contributed by atoms with van der Waals surface area (Å²) in [5.74, 6) is 1.06. The van der Waals surface area contributed by atoms with Crippen LogP contribution in [0, 0.1) is 5.92 Å². The first-order valence-corrected chi connectivity index (χ1v) is 10.1. The molecule has 1 aliphatic heterocycles. The number of ether oxygens (including phenoxy) is 2. The molecule has 1 heterocycles. The maximum atomic E-state index is 12.3. The number of nitrogens with two attached hydrogens (primary N) is 1. The molecule has 0 bridgehead atoms. The lowest BCUT2D eigenvalue weighted by Crippen LogP contribution is -2.49. The Bertz CT molecular complexity index is 714. The summed E-state index contributed by atoms with van der Waals surface area (Å²) in [5.41, 5.74) is 6.86. The van der Waals surface area contributed by atoms with E-state index >= 15 is 0 Å². The summed E-state index contributed by atoms with van der Waals surface area (Å²) in [6.45, 7) is 4.49. The van der Waals surface area contributed by atoms with Crippen LogP contribution in [0.2, 0.25) is 0 Å². The summed E-state index contributed by atoms with van der Waals surface area (Å²) in [7, 11) is 0. The van der Waals surface area contributed by atoms with Gasteiger partial charge in [0.15, 0.2) is 11.5 Å². The Morgan fingerprint density at radius 3 is 2.54 bits per heavy atom. The minimum atomic E-state index is -0.605. The van der Waals surface area contributed by atoms with Crippen LogP contribution in [-0.4, -0.2) is 37.7 Å².